The molecule has 0 aliphatic rings. The van der Waals surface area contributed by atoms with Gasteiger partial charge in [0, 0.05) is 6.54 Å². The first-order chi connectivity index (χ1) is 7.80. The van der Waals surface area contributed by atoms with Crippen LogP contribution in [0.5, 0.6) is 0 Å². The minimum atomic E-state index is 1.10. The Kier molecular flexibility index (Phi) is 6.16. The number of hydrogen-bond donors (Lipinski definition) is 0. The zero-order valence-electron chi connectivity index (χ0n) is 11.0. The fourth-order valence-corrected chi connectivity index (χ4v) is 1.84. The third-order valence-corrected chi connectivity index (χ3v) is 3.08. The SMILES string of the molecule is CCCC[n+]1ccn(CCN(CC)CC)c1. The highest BCUT2D eigenvalue weighted by molar-refractivity contribution is 4.67. The standard InChI is InChI=1S/C13H26N3/c1-4-7-8-15-11-12-16(13-15)10-9-14(5-2)6-3/h11-13H,4-10H2,1-3H3/q+1. The minimum absolute atomic E-state index is 1.10. The maximum absolute atomic E-state index is 2.45. The highest BCUT2D eigenvalue weighted by atomic mass is 15.2. The Morgan fingerprint density at radius 1 is 1.19 bits per heavy atom. The van der Waals surface area contributed by atoms with Crippen molar-refractivity contribution < 1.29 is 4.57 Å². The van der Waals surface area contributed by atoms with Crippen molar-refractivity contribution in [3.63, 3.8) is 0 Å². The van der Waals surface area contributed by atoms with Gasteiger partial charge in [-0.2, -0.15) is 0 Å². The van der Waals surface area contributed by atoms with Gasteiger partial charge in [-0.05, 0) is 19.5 Å². The van der Waals surface area contributed by atoms with E-state index in [4.69, 9.17) is 0 Å². The van der Waals surface area contributed by atoms with E-state index in [0.29, 0.717) is 0 Å². The van der Waals surface area contributed by atoms with E-state index >= 15 is 0 Å². The summed E-state index contributed by atoms with van der Waals surface area (Å²) in [6, 6.07) is 0. The lowest BCUT2D eigenvalue weighted by Crippen LogP contribution is -2.31. The molecule has 0 aromatic carbocycles. The predicted octanol–water partition coefficient (Wildman–Crippen LogP) is 1.92. The van der Waals surface area contributed by atoms with Gasteiger partial charge >= 0.3 is 0 Å². The van der Waals surface area contributed by atoms with Gasteiger partial charge in [-0.15, -0.1) is 0 Å². The Morgan fingerprint density at radius 3 is 2.56 bits per heavy atom. The van der Waals surface area contributed by atoms with E-state index in [1.54, 1.807) is 0 Å². The van der Waals surface area contributed by atoms with E-state index in [2.05, 4.69) is 53.5 Å². The number of rotatable bonds is 8. The Hall–Kier alpha value is -0.830. The maximum atomic E-state index is 2.45. The zero-order valence-corrected chi connectivity index (χ0v) is 11.0. The molecule has 3 heteroatoms. The van der Waals surface area contributed by atoms with Crippen LogP contribution in [0.1, 0.15) is 33.6 Å². The first-order valence-corrected chi connectivity index (χ1v) is 6.57. The van der Waals surface area contributed by atoms with Gasteiger partial charge in [0.1, 0.15) is 18.9 Å². The van der Waals surface area contributed by atoms with Crippen molar-refractivity contribution in [1.29, 1.82) is 0 Å². The molecule has 0 N–H and O–H groups in total. The van der Waals surface area contributed by atoms with E-state index in [1.807, 2.05) is 0 Å². The van der Waals surface area contributed by atoms with Crippen molar-refractivity contribution in [3.05, 3.63) is 18.7 Å². The van der Waals surface area contributed by atoms with Crippen LogP contribution in [0.4, 0.5) is 0 Å². The second-order valence-corrected chi connectivity index (χ2v) is 4.27. The van der Waals surface area contributed by atoms with Crippen LogP contribution in [0.2, 0.25) is 0 Å². The topological polar surface area (TPSA) is 12.0 Å². The summed E-state index contributed by atoms with van der Waals surface area (Å²) in [4.78, 5) is 2.45. The van der Waals surface area contributed by atoms with Gasteiger partial charge in [-0.25, -0.2) is 9.13 Å². The molecule has 0 atom stereocenters. The number of aryl methyl sites for hydroxylation is 1. The normalized spacial score (nSPS) is 11.2. The first kappa shape index (κ1) is 13.2. The van der Waals surface area contributed by atoms with E-state index in [0.717, 1.165) is 32.7 Å². The monoisotopic (exact) mass is 224 g/mol. The Bertz CT molecular complexity index is 276. The molecular weight excluding hydrogens is 198 g/mol. The molecule has 1 rings (SSSR count). The van der Waals surface area contributed by atoms with Crippen LogP contribution < -0.4 is 4.57 Å². The number of imidazole rings is 1. The van der Waals surface area contributed by atoms with Crippen LogP contribution in [-0.4, -0.2) is 29.1 Å². The van der Waals surface area contributed by atoms with Gasteiger partial charge in [0.05, 0.1) is 6.54 Å². The minimum Gasteiger partial charge on any atom is -0.300 e. The average Bonchev–Trinajstić information content (AvgIpc) is 2.76. The van der Waals surface area contributed by atoms with Crippen molar-refractivity contribution in [2.75, 3.05) is 19.6 Å². The fraction of sp³-hybridized carbons (Fsp3) is 0.769. The smallest absolute Gasteiger partial charge is 0.243 e. The molecule has 0 saturated carbocycles. The molecule has 0 aliphatic heterocycles. The van der Waals surface area contributed by atoms with Crippen LogP contribution in [0.3, 0.4) is 0 Å². The predicted molar refractivity (Wildman–Crippen MR) is 67.3 cm³/mol. The summed E-state index contributed by atoms with van der Waals surface area (Å²) in [6.45, 7) is 12.4. The van der Waals surface area contributed by atoms with Gasteiger partial charge < -0.3 is 0 Å². The molecule has 0 saturated heterocycles. The molecule has 0 aliphatic carbocycles. The van der Waals surface area contributed by atoms with E-state index < -0.39 is 0 Å². The molecule has 0 unspecified atom stereocenters. The molecule has 92 valence electrons. The summed E-state index contributed by atoms with van der Waals surface area (Å²) in [5.41, 5.74) is 0. The summed E-state index contributed by atoms with van der Waals surface area (Å²) in [7, 11) is 0. The van der Waals surface area contributed by atoms with E-state index in [-0.39, 0.29) is 0 Å². The number of nitrogens with zero attached hydrogens (tertiary/aromatic N) is 3. The molecular formula is C13H26N3+. The summed E-state index contributed by atoms with van der Waals surface area (Å²) < 4.78 is 4.57. The summed E-state index contributed by atoms with van der Waals surface area (Å²) in [5, 5.41) is 0. The van der Waals surface area contributed by atoms with E-state index in [9.17, 15) is 0 Å². The summed E-state index contributed by atoms with van der Waals surface area (Å²) in [5.74, 6) is 0. The molecule has 1 aromatic heterocycles. The average molecular weight is 224 g/mol. The number of unbranched alkanes of at least 4 members (excludes halogenated alkanes) is 1. The maximum Gasteiger partial charge on any atom is 0.243 e. The number of aromatic nitrogens is 2. The van der Waals surface area contributed by atoms with Gasteiger partial charge in [0.25, 0.3) is 0 Å². The molecule has 1 heterocycles. The van der Waals surface area contributed by atoms with Gasteiger partial charge in [-0.1, -0.05) is 27.2 Å². The summed E-state index contributed by atoms with van der Waals surface area (Å²) >= 11 is 0. The van der Waals surface area contributed by atoms with Crippen molar-refractivity contribution in [3.8, 4) is 0 Å². The fourth-order valence-electron chi connectivity index (χ4n) is 1.84. The lowest BCUT2D eigenvalue weighted by molar-refractivity contribution is -0.696. The molecule has 0 fully saturated rings. The van der Waals surface area contributed by atoms with Crippen molar-refractivity contribution in [2.45, 2.75) is 46.7 Å². The highest BCUT2D eigenvalue weighted by Crippen LogP contribution is 1.92. The van der Waals surface area contributed by atoms with Crippen molar-refractivity contribution >= 4 is 0 Å². The highest BCUT2D eigenvalue weighted by Gasteiger charge is 2.05. The largest absolute Gasteiger partial charge is 0.300 e. The van der Waals surface area contributed by atoms with E-state index in [1.165, 1.54) is 12.8 Å². The second-order valence-electron chi connectivity index (χ2n) is 4.27. The third kappa shape index (κ3) is 4.35. The zero-order chi connectivity index (χ0) is 11.8. The quantitative estimate of drug-likeness (QED) is 0.614. The van der Waals surface area contributed by atoms with Crippen LogP contribution in [0.25, 0.3) is 0 Å². The van der Waals surface area contributed by atoms with Crippen LogP contribution in [-0.2, 0) is 13.1 Å². The Balaban J connectivity index is 2.33. The van der Waals surface area contributed by atoms with Gasteiger partial charge in [-0.3, -0.25) is 4.90 Å². The third-order valence-electron chi connectivity index (χ3n) is 3.08. The Labute approximate surface area is 99.7 Å². The molecule has 0 amide bonds. The molecule has 0 radical (unpaired) electrons. The van der Waals surface area contributed by atoms with Crippen LogP contribution in [0, 0.1) is 0 Å². The van der Waals surface area contributed by atoms with Crippen molar-refractivity contribution in [1.82, 2.24) is 9.47 Å². The number of likely N-dealkylation sites (N-methyl/N-ethyl adjacent to an activating group) is 1. The molecule has 1 aromatic rings. The molecule has 0 bridgehead atoms. The summed E-state index contributed by atoms with van der Waals surface area (Å²) in [6.07, 6.45) is 9.11. The lowest BCUT2D eigenvalue weighted by Gasteiger charge is -2.15. The van der Waals surface area contributed by atoms with Gasteiger partial charge in [0.2, 0.25) is 6.33 Å². The van der Waals surface area contributed by atoms with Crippen molar-refractivity contribution in [2.24, 2.45) is 0 Å². The lowest BCUT2D eigenvalue weighted by atomic mass is 10.3. The molecule has 0 spiro atoms. The molecule has 3 nitrogen and oxygen atoms in total. The van der Waals surface area contributed by atoms with Crippen LogP contribution >= 0.6 is 0 Å². The first-order valence-electron chi connectivity index (χ1n) is 6.57. The van der Waals surface area contributed by atoms with Gasteiger partial charge in [0.15, 0.2) is 0 Å². The van der Waals surface area contributed by atoms with Crippen LogP contribution in [0.15, 0.2) is 18.7 Å². The second kappa shape index (κ2) is 7.44. The molecule has 16 heavy (non-hydrogen) atoms. The number of hydrogen-bond acceptors (Lipinski definition) is 1. The Morgan fingerprint density at radius 2 is 1.94 bits per heavy atom.